The number of alkyl halides is 1. The molecule has 0 spiro atoms. The monoisotopic (exact) mass is 275 g/mol. The minimum Gasteiger partial charge on any atom is -0.296 e. The highest BCUT2D eigenvalue weighted by Gasteiger charge is 2.21. The molecule has 1 aliphatic heterocycles. The molecule has 1 saturated heterocycles. The fourth-order valence-corrected chi connectivity index (χ4v) is 2.25. The minimum absolute atomic E-state index is 0.261. The maximum atomic E-state index is 13.0. The summed E-state index contributed by atoms with van der Waals surface area (Å²) in [4.78, 5) is 2.05. The van der Waals surface area contributed by atoms with Crippen molar-refractivity contribution in [2.75, 3.05) is 13.1 Å². The highest BCUT2D eigenvalue weighted by atomic mass is 79.9. The summed E-state index contributed by atoms with van der Waals surface area (Å²) in [6, 6.07) is 4.93. The third-order valence-corrected chi connectivity index (χ3v) is 3.21. The van der Waals surface area contributed by atoms with Gasteiger partial charge in [0.1, 0.15) is 12.0 Å². The molecule has 0 N–H and O–H groups in total. The molecule has 1 aromatic carbocycles. The first-order valence-electron chi connectivity index (χ1n) is 4.95. The van der Waals surface area contributed by atoms with Gasteiger partial charge in [0.05, 0.1) is 4.47 Å². The second kappa shape index (κ2) is 4.58. The Balaban J connectivity index is 2.02. The van der Waals surface area contributed by atoms with Crippen molar-refractivity contribution in [3.63, 3.8) is 0 Å². The van der Waals surface area contributed by atoms with Crippen LogP contribution < -0.4 is 0 Å². The molecule has 0 aliphatic carbocycles. The number of nitrogens with zero attached hydrogens (tertiary/aromatic N) is 1. The summed E-state index contributed by atoms with van der Waals surface area (Å²) in [5.41, 5.74) is 1.01. The van der Waals surface area contributed by atoms with Crippen LogP contribution in [0.4, 0.5) is 8.78 Å². The van der Waals surface area contributed by atoms with Crippen LogP contribution in [0.5, 0.6) is 0 Å². The van der Waals surface area contributed by atoms with E-state index in [1.807, 2.05) is 4.90 Å². The number of hydrogen-bond acceptors (Lipinski definition) is 1. The lowest BCUT2D eigenvalue weighted by Crippen LogP contribution is -2.20. The fraction of sp³-hybridized carbons (Fsp3) is 0.455. The van der Waals surface area contributed by atoms with Gasteiger partial charge in [-0.3, -0.25) is 4.90 Å². The predicted octanol–water partition coefficient (Wildman–Crippen LogP) is 3.13. The van der Waals surface area contributed by atoms with Crippen LogP contribution in [-0.4, -0.2) is 24.2 Å². The van der Waals surface area contributed by atoms with Crippen LogP contribution in [-0.2, 0) is 6.54 Å². The van der Waals surface area contributed by atoms with Crippen LogP contribution in [0, 0.1) is 5.82 Å². The molecule has 0 unspecified atom stereocenters. The molecular formula is C11H12BrF2N. The van der Waals surface area contributed by atoms with Gasteiger partial charge in [-0.15, -0.1) is 0 Å². The topological polar surface area (TPSA) is 3.24 Å². The molecule has 0 saturated carbocycles. The first-order valence-corrected chi connectivity index (χ1v) is 5.75. The zero-order chi connectivity index (χ0) is 10.8. The molecule has 15 heavy (non-hydrogen) atoms. The van der Waals surface area contributed by atoms with Gasteiger partial charge in [-0.2, -0.15) is 0 Å². The first kappa shape index (κ1) is 11.0. The van der Waals surface area contributed by atoms with E-state index in [0.717, 1.165) is 12.1 Å². The van der Waals surface area contributed by atoms with Crippen molar-refractivity contribution in [2.24, 2.45) is 0 Å². The van der Waals surface area contributed by atoms with E-state index in [2.05, 4.69) is 15.9 Å². The van der Waals surface area contributed by atoms with Crippen LogP contribution >= 0.6 is 15.9 Å². The zero-order valence-electron chi connectivity index (χ0n) is 8.22. The molecule has 1 heterocycles. The van der Waals surface area contributed by atoms with Crippen LogP contribution in [0.1, 0.15) is 12.0 Å². The largest absolute Gasteiger partial charge is 0.296 e. The van der Waals surface area contributed by atoms with Crippen molar-refractivity contribution in [1.82, 2.24) is 4.90 Å². The molecule has 0 aromatic heterocycles. The van der Waals surface area contributed by atoms with Crippen molar-refractivity contribution >= 4 is 15.9 Å². The van der Waals surface area contributed by atoms with Gasteiger partial charge in [0.25, 0.3) is 0 Å². The second-order valence-electron chi connectivity index (χ2n) is 3.87. The molecule has 0 amide bonds. The number of halogens is 3. The number of rotatable bonds is 2. The normalized spacial score (nSPS) is 22.2. The Hall–Kier alpha value is -0.480. The summed E-state index contributed by atoms with van der Waals surface area (Å²) in [7, 11) is 0. The van der Waals surface area contributed by atoms with Crippen LogP contribution in [0.3, 0.4) is 0 Å². The molecule has 1 atom stereocenters. The van der Waals surface area contributed by atoms with Gasteiger partial charge in [-0.1, -0.05) is 6.07 Å². The lowest BCUT2D eigenvalue weighted by molar-refractivity contribution is 0.282. The van der Waals surface area contributed by atoms with Crippen LogP contribution in [0.15, 0.2) is 22.7 Å². The summed E-state index contributed by atoms with van der Waals surface area (Å²) in [5, 5.41) is 0. The molecule has 4 heteroatoms. The molecule has 1 aromatic rings. The van der Waals surface area contributed by atoms with Crippen molar-refractivity contribution in [3.8, 4) is 0 Å². The Bertz CT molecular complexity index is 356. The highest BCUT2D eigenvalue weighted by molar-refractivity contribution is 9.10. The van der Waals surface area contributed by atoms with Gasteiger partial charge < -0.3 is 0 Å². The molecule has 2 rings (SSSR count). The predicted molar refractivity (Wildman–Crippen MR) is 58.9 cm³/mol. The SMILES string of the molecule is Fc1ccc(CN2CC[C@H](F)C2)cc1Br. The Morgan fingerprint density at radius 1 is 1.47 bits per heavy atom. The second-order valence-corrected chi connectivity index (χ2v) is 4.72. The zero-order valence-corrected chi connectivity index (χ0v) is 9.80. The average molecular weight is 276 g/mol. The van der Waals surface area contributed by atoms with Gasteiger partial charge in [-0.05, 0) is 40.0 Å². The van der Waals surface area contributed by atoms with Crippen molar-refractivity contribution in [2.45, 2.75) is 19.1 Å². The van der Waals surface area contributed by atoms with E-state index in [-0.39, 0.29) is 5.82 Å². The smallest absolute Gasteiger partial charge is 0.137 e. The maximum absolute atomic E-state index is 13.0. The van der Waals surface area contributed by atoms with Gasteiger partial charge in [0, 0.05) is 19.6 Å². The van der Waals surface area contributed by atoms with Gasteiger partial charge in [-0.25, -0.2) is 8.78 Å². The number of likely N-dealkylation sites (tertiary alicyclic amines) is 1. The molecule has 0 radical (unpaired) electrons. The average Bonchev–Trinajstić information content (AvgIpc) is 2.58. The summed E-state index contributed by atoms with van der Waals surface area (Å²) < 4.78 is 26.3. The highest BCUT2D eigenvalue weighted by Crippen LogP contribution is 2.20. The van der Waals surface area contributed by atoms with E-state index in [1.165, 1.54) is 6.07 Å². The molecular weight excluding hydrogens is 264 g/mol. The Morgan fingerprint density at radius 3 is 2.87 bits per heavy atom. The van der Waals surface area contributed by atoms with Crippen molar-refractivity contribution < 1.29 is 8.78 Å². The molecule has 1 nitrogen and oxygen atoms in total. The summed E-state index contributed by atoms with van der Waals surface area (Å²) in [6.45, 7) is 1.98. The van der Waals surface area contributed by atoms with Crippen molar-refractivity contribution in [3.05, 3.63) is 34.1 Å². The Morgan fingerprint density at radius 2 is 2.27 bits per heavy atom. The first-order chi connectivity index (χ1) is 7.15. The van der Waals surface area contributed by atoms with E-state index in [9.17, 15) is 8.78 Å². The minimum atomic E-state index is -0.700. The maximum Gasteiger partial charge on any atom is 0.137 e. The van der Waals surface area contributed by atoms with Gasteiger partial charge in [0.15, 0.2) is 0 Å². The quantitative estimate of drug-likeness (QED) is 0.802. The van der Waals surface area contributed by atoms with E-state index in [0.29, 0.717) is 24.0 Å². The summed E-state index contributed by atoms with van der Waals surface area (Å²) in [5.74, 6) is -0.261. The van der Waals surface area contributed by atoms with Crippen LogP contribution in [0.25, 0.3) is 0 Å². The Labute approximate surface area is 96.2 Å². The van der Waals surface area contributed by atoms with Gasteiger partial charge in [0.2, 0.25) is 0 Å². The number of benzene rings is 1. The van der Waals surface area contributed by atoms with Gasteiger partial charge >= 0.3 is 0 Å². The summed E-state index contributed by atoms with van der Waals surface area (Å²) in [6.07, 6.45) is -0.0866. The van der Waals surface area contributed by atoms with E-state index in [4.69, 9.17) is 0 Å². The van der Waals surface area contributed by atoms with Crippen molar-refractivity contribution in [1.29, 1.82) is 0 Å². The van der Waals surface area contributed by atoms with Crippen LogP contribution in [0.2, 0.25) is 0 Å². The number of hydrogen-bond donors (Lipinski definition) is 0. The fourth-order valence-electron chi connectivity index (χ4n) is 1.83. The molecule has 82 valence electrons. The molecule has 1 aliphatic rings. The lowest BCUT2D eigenvalue weighted by Gasteiger charge is -2.14. The molecule has 0 bridgehead atoms. The molecule has 1 fully saturated rings. The third-order valence-electron chi connectivity index (χ3n) is 2.61. The lowest BCUT2D eigenvalue weighted by atomic mass is 10.2. The standard InChI is InChI=1S/C11H12BrF2N/c12-10-5-8(1-2-11(10)14)6-15-4-3-9(13)7-15/h1-2,5,9H,3-4,6-7H2/t9-/m0/s1. The third kappa shape index (κ3) is 2.75. The van der Waals surface area contributed by atoms with E-state index in [1.54, 1.807) is 12.1 Å². The van der Waals surface area contributed by atoms with E-state index < -0.39 is 6.17 Å². The summed E-state index contributed by atoms with van der Waals surface area (Å²) >= 11 is 3.14. The Kier molecular flexibility index (Phi) is 3.36. The van der Waals surface area contributed by atoms with E-state index >= 15 is 0 Å².